The van der Waals surface area contributed by atoms with Crippen LogP contribution >= 0.6 is 0 Å². The molecule has 0 aromatic heterocycles. The lowest BCUT2D eigenvalue weighted by molar-refractivity contribution is 1.36. The first-order chi connectivity index (χ1) is 13.7. The zero-order valence-electron chi connectivity index (χ0n) is 15.0. The first kappa shape index (κ1) is 16.2. The zero-order valence-corrected chi connectivity index (χ0v) is 15.0. The van der Waals surface area contributed by atoms with E-state index < -0.39 is 0 Å². The molecule has 4 heteroatoms. The van der Waals surface area contributed by atoms with Gasteiger partial charge in [0.05, 0.1) is 41.0 Å². The number of hydrogen-bond acceptors (Lipinski definition) is 3. The van der Waals surface area contributed by atoms with Gasteiger partial charge in [-0.05, 0) is 46.5 Å². The Morgan fingerprint density at radius 3 is 1.93 bits per heavy atom. The largest absolute Gasteiger partial charge is 0.252 e. The third kappa shape index (κ3) is 2.69. The highest BCUT2D eigenvalue weighted by Gasteiger charge is 2.19. The van der Waals surface area contributed by atoms with Crippen LogP contribution < -0.4 is 0 Å². The third-order valence-corrected chi connectivity index (χ3v) is 5.18. The third-order valence-electron chi connectivity index (χ3n) is 5.18. The van der Waals surface area contributed by atoms with Gasteiger partial charge in [-0.1, -0.05) is 36.4 Å². The Hall–Kier alpha value is -4.02. The first-order valence-corrected chi connectivity index (χ1v) is 9.03. The molecule has 0 saturated heterocycles. The number of nitriles is 1. The van der Waals surface area contributed by atoms with E-state index in [4.69, 9.17) is 21.8 Å². The van der Waals surface area contributed by atoms with Crippen molar-refractivity contribution in [3.8, 4) is 6.07 Å². The van der Waals surface area contributed by atoms with Gasteiger partial charge in [-0.25, -0.2) is 4.85 Å². The first-order valence-electron chi connectivity index (χ1n) is 9.03. The number of nitrogens with zero attached hydrogens (tertiary/aromatic N) is 4. The normalized spacial score (nSPS) is 13.8. The van der Waals surface area contributed by atoms with Crippen LogP contribution in [-0.4, -0.2) is 11.4 Å². The molecule has 0 fully saturated rings. The van der Waals surface area contributed by atoms with E-state index in [-0.39, 0.29) is 0 Å². The van der Waals surface area contributed by atoms with Crippen molar-refractivity contribution in [2.24, 2.45) is 9.98 Å². The Bertz CT molecular complexity index is 1160. The lowest BCUT2D eigenvalue weighted by Gasteiger charge is -2.04. The molecule has 4 nitrogen and oxygen atoms in total. The van der Waals surface area contributed by atoms with Crippen LogP contribution in [0, 0.1) is 17.9 Å². The molecule has 0 radical (unpaired) electrons. The molecule has 3 aromatic carbocycles. The summed E-state index contributed by atoms with van der Waals surface area (Å²) in [6.07, 6.45) is 1.50. The molecule has 0 saturated carbocycles. The summed E-state index contributed by atoms with van der Waals surface area (Å²) in [6, 6.07) is 21.8. The highest BCUT2D eigenvalue weighted by Crippen LogP contribution is 2.33. The summed E-state index contributed by atoms with van der Waals surface area (Å²) in [5.41, 5.74) is 9.67. The van der Waals surface area contributed by atoms with Crippen LogP contribution in [0.15, 0.2) is 70.6 Å². The summed E-state index contributed by atoms with van der Waals surface area (Å²) < 4.78 is 0. The van der Waals surface area contributed by atoms with Crippen molar-refractivity contribution >= 4 is 28.5 Å². The van der Waals surface area contributed by atoms with Gasteiger partial charge < -0.3 is 0 Å². The second-order valence-corrected chi connectivity index (χ2v) is 6.93. The van der Waals surface area contributed by atoms with Crippen molar-refractivity contribution in [2.45, 2.75) is 12.8 Å². The van der Waals surface area contributed by atoms with Crippen LogP contribution in [0.3, 0.4) is 0 Å². The summed E-state index contributed by atoms with van der Waals surface area (Å²) in [7, 11) is 0. The van der Waals surface area contributed by atoms with Crippen molar-refractivity contribution in [3.63, 3.8) is 0 Å². The molecule has 0 bridgehead atoms. The number of benzene rings is 3. The number of aliphatic imine (C=N–C) groups is 2. The molecule has 2 aliphatic rings. The van der Waals surface area contributed by atoms with Crippen LogP contribution in [0.5, 0.6) is 0 Å². The van der Waals surface area contributed by atoms with E-state index in [1.54, 1.807) is 0 Å². The van der Waals surface area contributed by atoms with Crippen molar-refractivity contribution in [3.05, 3.63) is 99.9 Å². The van der Waals surface area contributed by atoms with Gasteiger partial charge in [0.1, 0.15) is 0 Å². The minimum Gasteiger partial charge on any atom is -0.252 e. The molecule has 0 atom stereocenters. The van der Waals surface area contributed by atoms with Gasteiger partial charge >= 0.3 is 0 Å². The Labute approximate surface area is 163 Å². The maximum Gasteiger partial charge on any atom is 0.187 e. The second kappa shape index (κ2) is 6.30. The van der Waals surface area contributed by atoms with Crippen molar-refractivity contribution in [2.75, 3.05) is 0 Å². The lowest BCUT2D eigenvalue weighted by atomic mass is 9.99. The van der Waals surface area contributed by atoms with Gasteiger partial charge in [0, 0.05) is 12.8 Å². The Morgan fingerprint density at radius 1 is 0.786 bits per heavy atom. The minimum absolute atomic E-state index is 0.656. The van der Waals surface area contributed by atoms with Crippen LogP contribution in [0.2, 0.25) is 0 Å². The SMILES string of the molecule is [C-]#[N+]c1ccc2c(c1)CC(c1ccc(C3=Nc4ccc(C#N)cc4C3)cc1)=N2. The molecule has 0 amide bonds. The zero-order chi connectivity index (χ0) is 19.1. The summed E-state index contributed by atoms with van der Waals surface area (Å²) in [5, 5.41) is 9.07. The highest BCUT2D eigenvalue weighted by atomic mass is 14.8. The van der Waals surface area contributed by atoms with Gasteiger partial charge in [-0.3, -0.25) is 9.98 Å². The Balaban J connectivity index is 1.38. The fraction of sp³-hybridized carbons (Fsp3) is 0.0833. The van der Waals surface area contributed by atoms with E-state index in [2.05, 4.69) is 35.2 Å². The van der Waals surface area contributed by atoms with Crippen LogP contribution in [-0.2, 0) is 12.8 Å². The van der Waals surface area contributed by atoms with Crippen molar-refractivity contribution in [1.82, 2.24) is 0 Å². The Kier molecular flexibility index (Phi) is 3.64. The molecule has 0 unspecified atom stereocenters. The van der Waals surface area contributed by atoms with E-state index in [1.807, 2.05) is 36.4 Å². The van der Waals surface area contributed by atoms with Gasteiger partial charge in [0.15, 0.2) is 5.69 Å². The maximum atomic E-state index is 9.07. The van der Waals surface area contributed by atoms with E-state index in [0.717, 1.165) is 57.9 Å². The van der Waals surface area contributed by atoms with E-state index in [9.17, 15) is 0 Å². The summed E-state index contributed by atoms with van der Waals surface area (Å²) in [5.74, 6) is 0. The van der Waals surface area contributed by atoms with Crippen LogP contribution in [0.4, 0.5) is 17.1 Å². The fourth-order valence-electron chi connectivity index (χ4n) is 3.72. The monoisotopic (exact) mass is 358 g/mol. The topological polar surface area (TPSA) is 52.9 Å². The summed E-state index contributed by atoms with van der Waals surface area (Å²) in [4.78, 5) is 13.0. The van der Waals surface area contributed by atoms with E-state index in [1.165, 1.54) is 0 Å². The standard InChI is InChI=1S/C24H14N4/c1-26-20-7-9-22-19(11-20)13-24(28-22)17-5-3-16(4-6-17)23-12-18-10-15(14-25)2-8-21(18)27-23/h2-11H,12-13H2. The van der Waals surface area contributed by atoms with Gasteiger partial charge in [0.2, 0.25) is 0 Å². The van der Waals surface area contributed by atoms with Crippen LogP contribution in [0.1, 0.15) is 27.8 Å². The van der Waals surface area contributed by atoms with Crippen molar-refractivity contribution < 1.29 is 0 Å². The molecule has 3 aromatic rings. The molecule has 0 spiro atoms. The van der Waals surface area contributed by atoms with Gasteiger partial charge in [-0.2, -0.15) is 5.26 Å². The van der Waals surface area contributed by atoms with E-state index >= 15 is 0 Å². The predicted molar refractivity (Wildman–Crippen MR) is 110 cm³/mol. The second-order valence-electron chi connectivity index (χ2n) is 6.93. The molecular weight excluding hydrogens is 344 g/mol. The fourth-order valence-corrected chi connectivity index (χ4v) is 3.72. The lowest BCUT2D eigenvalue weighted by Crippen LogP contribution is -2.03. The maximum absolute atomic E-state index is 9.07. The average Bonchev–Trinajstić information content (AvgIpc) is 3.36. The predicted octanol–water partition coefficient (Wildman–Crippen LogP) is 5.46. The number of fused-ring (bicyclic) bond motifs is 2. The molecule has 5 rings (SSSR count). The average molecular weight is 358 g/mol. The van der Waals surface area contributed by atoms with Crippen LogP contribution in [0.25, 0.3) is 4.85 Å². The summed E-state index contributed by atoms with van der Waals surface area (Å²) in [6.45, 7) is 7.16. The molecule has 2 aliphatic heterocycles. The van der Waals surface area contributed by atoms with Gasteiger partial charge in [0.25, 0.3) is 0 Å². The Morgan fingerprint density at radius 2 is 1.36 bits per heavy atom. The smallest absolute Gasteiger partial charge is 0.187 e. The van der Waals surface area contributed by atoms with Gasteiger partial charge in [-0.15, -0.1) is 0 Å². The number of rotatable bonds is 2. The molecule has 130 valence electrons. The molecular formula is C24H14N4. The number of hydrogen-bond donors (Lipinski definition) is 0. The molecule has 0 N–H and O–H groups in total. The molecule has 28 heavy (non-hydrogen) atoms. The molecule has 2 heterocycles. The molecule has 0 aliphatic carbocycles. The summed E-state index contributed by atoms with van der Waals surface area (Å²) >= 11 is 0. The quantitative estimate of drug-likeness (QED) is 0.561. The minimum atomic E-state index is 0.656. The highest BCUT2D eigenvalue weighted by molar-refractivity contribution is 6.09. The van der Waals surface area contributed by atoms with E-state index in [0.29, 0.717) is 11.3 Å². The van der Waals surface area contributed by atoms with Crippen molar-refractivity contribution in [1.29, 1.82) is 5.26 Å².